The number of fused-ring (bicyclic) bond motifs is 4. The molecule has 4 aromatic rings. The number of hydrogen-bond donors (Lipinski definition) is 4. The molecule has 246 valence electrons. The van der Waals surface area contributed by atoms with Crippen molar-refractivity contribution >= 4 is 34.6 Å². The SMILES string of the molecule is Clc1ccc(Nc2ccc(C[C@]34CN[C@H](CO3)C4)cc2)nc1.FC(F)(F)c1ccc(Nc2ccc(C[C@]34CN[C@H](CO3)C4)cc2)nc1. The van der Waals surface area contributed by atoms with Crippen LogP contribution in [0.1, 0.15) is 29.5 Å². The Kier molecular flexibility index (Phi) is 8.84. The molecule has 4 atom stereocenters. The van der Waals surface area contributed by atoms with Crippen molar-refractivity contribution in [3.63, 3.8) is 0 Å². The second-order valence-corrected chi connectivity index (χ2v) is 13.3. The van der Waals surface area contributed by atoms with Crippen LogP contribution in [0.3, 0.4) is 0 Å². The van der Waals surface area contributed by atoms with E-state index in [1.165, 1.54) is 17.2 Å². The Bertz CT molecular complexity index is 1640. The minimum Gasteiger partial charge on any atom is -0.372 e. The van der Waals surface area contributed by atoms with Crippen LogP contribution in [-0.4, -0.2) is 59.6 Å². The van der Waals surface area contributed by atoms with E-state index in [4.69, 9.17) is 21.1 Å². The first kappa shape index (κ1) is 31.8. The minimum absolute atomic E-state index is 0.0113. The molecule has 4 aliphatic heterocycles. The third-order valence-corrected chi connectivity index (χ3v) is 9.39. The van der Waals surface area contributed by atoms with Crippen molar-refractivity contribution in [1.82, 2.24) is 20.6 Å². The maximum Gasteiger partial charge on any atom is 0.417 e. The molecule has 4 saturated heterocycles. The minimum atomic E-state index is -4.37. The van der Waals surface area contributed by atoms with Crippen LogP contribution in [0.15, 0.2) is 85.2 Å². The zero-order valence-electron chi connectivity index (χ0n) is 25.6. The van der Waals surface area contributed by atoms with Crippen LogP contribution in [0.25, 0.3) is 0 Å². The number of halogens is 4. The number of morpholine rings is 2. The summed E-state index contributed by atoms with van der Waals surface area (Å²) in [6.07, 6.45) is 2.09. The predicted molar refractivity (Wildman–Crippen MR) is 176 cm³/mol. The molecule has 6 heterocycles. The number of hydrogen-bond acceptors (Lipinski definition) is 8. The summed E-state index contributed by atoms with van der Waals surface area (Å²) >= 11 is 5.84. The lowest BCUT2D eigenvalue weighted by Gasteiger charge is -2.26. The fourth-order valence-electron chi connectivity index (χ4n) is 6.77. The molecule has 12 heteroatoms. The van der Waals surface area contributed by atoms with Gasteiger partial charge in [-0.05, 0) is 72.5 Å². The first-order valence-electron chi connectivity index (χ1n) is 15.7. The molecule has 8 rings (SSSR count). The van der Waals surface area contributed by atoms with E-state index in [0.717, 1.165) is 81.4 Å². The molecule has 4 N–H and O–H groups in total. The van der Waals surface area contributed by atoms with E-state index >= 15 is 0 Å². The van der Waals surface area contributed by atoms with Crippen molar-refractivity contribution in [3.05, 3.63) is 107 Å². The number of anilines is 4. The fraction of sp³-hybridized carbons (Fsp3) is 0.371. The fourth-order valence-corrected chi connectivity index (χ4v) is 6.88. The second-order valence-electron chi connectivity index (χ2n) is 12.8. The van der Waals surface area contributed by atoms with Crippen LogP contribution in [0, 0.1) is 0 Å². The number of rotatable bonds is 8. The quantitative estimate of drug-likeness (QED) is 0.166. The van der Waals surface area contributed by atoms with Gasteiger partial charge in [0.1, 0.15) is 11.6 Å². The molecular weight excluding hydrogens is 629 g/mol. The normalized spacial score (nSPS) is 25.8. The van der Waals surface area contributed by atoms with Gasteiger partial charge in [-0.25, -0.2) is 9.97 Å². The van der Waals surface area contributed by atoms with Gasteiger partial charge in [0.05, 0.1) is 35.0 Å². The molecule has 8 nitrogen and oxygen atoms in total. The van der Waals surface area contributed by atoms with E-state index < -0.39 is 11.7 Å². The number of aromatic nitrogens is 2. The Labute approximate surface area is 276 Å². The van der Waals surface area contributed by atoms with Crippen LogP contribution in [0.5, 0.6) is 0 Å². The summed E-state index contributed by atoms with van der Waals surface area (Å²) < 4.78 is 49.5. The highest BCUT2D eigenvalue weighted by molar-refractivity contribution is 6.30. The van der Waals surface area contributed by atoms with Crippen molar-refractivity contribution in [3.8, 4) is 0 Å². The highest BCUT2D eigenvalue weighted by atomic mass is 35.5. The number of alkyl halides is 3. The number of benzene rings is 2. The maximum absolute atomic E-state index is 12.5. The Hall–Kier alpha value is -3.74. The molecule has 0 spiro atoms. The van der Waals surface area contributed by atoms with Crippen molar-refractivity contribution < 1.29 is 22.6 Å². The lowest BCUT2D eigenvalue weighted by molar-refractivity contribution is -0.137. The third kappa shape index (κ3) is 7.71. The second kappa shape index (κ2) is 13.0. The molecule has 47 heavy (non-hydrogen) atoms. The van der Waals surface area contributed by atoms with Gasteiger partial charge in [-0.3, -0.25) is 0 Å². The van der Waals surface area contributed by atoms with Gasteiger partial charge >= 0.3 is 6.18 Å². The Morgan fingerprint density at radius 1 is 0.702 bits per heavy atom. The molecule has 2 aromatic heterocycles. The van der Waals surface area contributed by atoms with E-state index in [9.17, 15) is 13.2 Å². The first-order valence-corrected chi connectivity index (χ1v) is 16.1. The highest BCUT2D eigenvalue weighted by Crippen LogP contribution is 2.36. The van der Waals surface area contributed by atoms with Crippen molar-refractivity contribution in [1.29, 1.82) is 0 Å². The Balaban J connectivity index is 0.000000151. The predicted octanol–water partition coefficient (Wildman–Crippen LogP) is 6.67. The molecule has 4 aliphatic rings. The standard InChI is InChI=1S/C18H18F3N3O.C17H18ClN3O/c19-18(20,21)13-3-6-16(22-9-13)24-14-4-1-12(2-5-14)7-17-8-15(10-25-17)23-11-17;18-13-3-6-16(19-9-13)21-14-4-1-12(2-5-14)7-17-8-15(10-22-17)20-11-17/h1-6,9,15,23H,7-8,10-11H2,(H,22,24);1-6,9,15,20H,7-8,10-11H2,(H,19,21)/t2*15-,17-/m00/s1. The summed E-state index contributed by atoms with van der Waals surface area (Å²) in [5.74, 6) is 1.17. The molecule has 4 fully saturated rings. The summed E-state index contributed by atoms with van der Waals surface area (Å²) in [5.41, 5.74) is 3.45. The molecule has 0 radical (unpaired) electrons. The molecule has 0 saturated carbocycles. The van der Waals surface area contributed by atoms with Crippen LogP contribution in [0.4, 0.5) is 36.2 Å². The van der Waals surface area contributed by atoms with Gasteiger partial charge in [0.2, 0.25) is 0 Å². The van der Waals surface area contributed by atoms with Gasteiger partial charge < -0.3 is 30.7 Å². The average Bonchev–Trinajstić information content (AvgIpc) is 3.86. The molecule has 4 bridgehead atoms. The third-order valence-electron chi connectivity index (χ3n) is 9.17. The number of ether oxygens (including phenoxy) is 2. The smallest absolute Gasteiger partial charge is 0.372 e. The van der Waals surface area contributed by atoms with E-state index in [1.54, 1.807) is 6.20 Å². The zero-order chi connectivity index (χ0) is 32.5. The molecule has 0 unspecified atom stereocenters. The Morgan fingerprint density at radius 2 is 1.19 bits per heavy atom. The van der Waals surface area contributed by atoms with Gasteiger partial charge in [0.25, 0.3) is 0 Å². The summed E-state index contributed by atoms with van der Waals surface area (Å²) in [6.45, 7) is 3.47. The number of nitrogens with one attached hydrogen (secondary N) is 4. The van der Waals surface area contributed by atoms with Crippen molar-refractivity contribution in [2.45, 2.75) is 55.1 Å². The highest BCUT2D eigenvalue weighted by Gasteiger charge is 2.46. The van der Waals surface area contributed by atoms with E-state index in [1.807, 2.05) is 36.4 Å². The summed E-state index contributed by atoms with van der Waals surface area (Å²) in [6, 6.07) is 23.4. The van der Waals surface area contributed by atoms with Crippen LogP contribution in [0.2, 0.25) is 5.02 Å². The summed E-state index contributed by atoms with van der Waals surface area (Å²) in [7, 11) is 0. The van der Waals surface area contributed by atoms with E-state index in [0.29, 0.717) is 22.9 Å². The van der Waals surface area contributed by atoms with Gasteiger partial charge in [0.15, 0.2) is 0 Å². The van der Waals surface area contributed by atoms with Crippen LogP contribution < -0.4 is 21.3 Å². The lowest BCUT2D eigenvalue weighted by atomic mass is 9.93. The topological polar surface area (TPSA) is 92.4 Å². The molecule has 0 amide bonds. The molecule has 0 aliphatic carbocycles. The van der Waals surface area contributed by atoms with Crippen LogP contribution in [-0.2, 0) is 28.5 Å². The molecular formula is C35H36ClF3N6O2. The maximum atomic E-state index is 12.5. The van der Waals surface area contributed by atoms with Crippen LogP contribution >= 0.6 is 11.6 Å². The van der Waals surface area contributed by atoms with Gasteiger partial charge in [-0.1, -0.05) is 35.9 Å². The summed E-state index contributed by atoms with van der Waals surface area (Å²) in [4.78, 5) is 8.05. The lowest BCUT2D eigenvalue weighted by Crippen LogP contribution is -2.40. The van der Waals surface area contributed by atoms with Gasteiger partial charge in [-0.2, -0.15) is 13.2 Å². The van der Waals surface area contributed by atoms with Gasteiger partial charge in [0, 0.05) is 61.8 Å². The summed E-state index contributed by atoms with van der Waals surface area (Å²) in [5, 5.41) is 13.9. The van der Waals surface area contributed by atoms with Crippen molar-refractivity contribution in [2.75, 3.05) is 36.9 Å². The number of nitrogens with zero attached hydrogens (tertiary/aromatic N) is 2. The number of pyridine rings is 2. The van der Waals surface area contributed by atoms with E-state index in [-0.39, 0.29) is 11.2 Å². The van der Waals surface area contributed by atoms with E-state index in [2.05, 4.69) is 55.5 Å². The monoisotopic (exact) mass is 664 g/mol. The Morgan fingerprint density at radius 3 is 1.53 bits per heavy atom. The average molecular weight is 665 g/mol. The van der Waals surface area contributed by atoms with Gasteiger partial charge in [-0.15, -0.1) is 0 Å². The zero-order valence-corrected chi connectivity index (χ0v) is 26.4. The largest absolute Gasteiger partial charge is 0.417 e. The van der Waals surface area contributed by atoms with Crippen molar-refractivity contribution in [2.24, 2.45) is 0 Å². The first-order chi connectivity index (χ1) is 22.6. The molecule has 2 aromatic carbocycles.